The second kappa shape index (κ2) is 10.5. The van der Waals surface area contributed by atoms with Crippen LogP contribution in [-0.4, -0.2) is 26.3 Å². The fourth-order valence-corrected chi connectivity index (χ4v) is 3.29. The minimum atomic E-state index is 0.142. The number of aromatic hydroxyl groups is 1. The van der Waals surface area contributed by atoms with E-state index in [2.05, 4.69) is 58.7 Å². The summed E-state index contributed by atoms with van der Waals surface area (Å²) in [4.78, 5) is 13.3. The zero-order chi connectivity index (χ0) is 22.2. The number of anilines is 4. The maximum Gasteiger partial charge on any atom is 0.250 e. The van der Waals surface area contributed by atoms with E-state index in [1.54, 1.807) is 6.07 Å². The Kier molecular flexibility index (Phi) is 7.08. The number of phenols is 1. The quantitative estimate of drug-likeness (QED) is 0.143. The third-order valence-electron chi connectivity index (χ3n) is 4.32. The highest BCUT2D eigenvalue weighted by molar-refractivity contribution is 14.1. The van der Waals surface area contributed by atoms with Gasteiger partial charge >= 0.3 is 0 Å². The van der Waals surface area contributed by atoms with Crippen LogP contribution in [0.3, 0.4) is 0 Å². The number of phenolic OH excluding ortho intramolecular Hbond substituents is 1. The molecule has 0 unspecified atom stereocenters. The molecule has 0 radical (unpaired) electrons. The molecule has 0 bridgehead atoms. The van der Waals surface area contributed by atoms with Gasteiger partial charge in [-0.15, -0.1) is 0 Å². The van der Waals surface area contributed by atoms with Crippen LogP contribution < -0.4 is 16.1 Å². The number of nitrogens with one attached hydrogen (secondary N) is 3. The predicted molar refractivity (Wildman–Crippen MR) is 135 cm³/mol. The lowest BCUT2D eigenvalue weighted by Crippen LogP contribution is -2.09. The van der Waals surface area contributed by atoms with Crippen molar-refractivity contribution in [3.05, 3.63) is 93.6 Å². The number of halogens is 1. The van der Waals surface area contributed by atoms with Crippen LogP contribution in [0.2, 0.25) is 0 Å². The van der Waals surface area contributed by atoms with Crippen molar-refractivity contribution < 1.29 is 5.11 Å². The Balaban J connectivity index is 1.54. The molecule has 0 saturated carbocycles. The van der Waals surface area contributed by atoms with E-state index in [0.29, 0.717) is 24.0 Å². The van der Waals surface area contributed by atoms with Crippen molar-refractivity contribution in [3.8, 4) is 5.75 Å². The standard InChI is InChI=1S/C23H20IN7O/c24-18-11-12-20(32)17(13-18)15-26-31-23-29-21(25-14-16-7-3-1-4-8-16)28-22(30-23)27-19-9-5-2-6-10-19/h1-13,15,32H,14H2,(H3,25,27,28,29,30,31)/b26-15+. The number of para-hydroxylation sites is 1. The predicted octanol–water partition coefficient (Wildman–Crippen LogP) is 4.98. The SMILES string of the molecule is Oc1ccc(I)cc1/C=N/Nc1nc(NCc2ccccc2)nc(Nc2ccccc2)n1. The molecule has 0 fully saturated rings. The van der Waals surface area contributed by atoms with Gasteiger partial charge in [-0.05, 0) is 58.5 Å². The van der Waals surface area contributed by atoms with Gasteiger partial charge in [-0.25, -0.2) is 5.43 Å². The highest BCUT2D eigenvalue weighted by Gasteiger charge is 2.07. The van der Waals surface area contributed by atoms with Crippen LogP contribution in [0.1, 0.15) is 11.1 Å². The molecule has 0 spiro atoms. The number of rotatable bonds is 8. The molecule has 4 N–H and O–H groups in total. The van der Waals surface area contributed by atoms with Gasteiger partial charge in [0.1, 0.15) is 5.75 Å². The minimum Gasteiger partial charge on any atom is -0.507 e. The van der Waals surface area contributed by atoms with Crippen molar-refractivity contribution in [3.63, 3.8) is 0 Å². The summed E-state index contributed by atoms with van der Waals surface area (Å²) in [5.74, 6) is 1.17. The van der Waals surface area contributed by atoms with E-state index in [9.17, 15) is 5.11 Å². The Hall–Kier alpha value is -3.73. The van der Waals surface area contributed by atoms with Crippen LogP contribution in [0, 0.1) is 3.57 Å². The summed E-state index contributed by atoms with van der Waals surface area (Å²) in [6.45, 7) is 0.564. The number of aromatic nitrogens is 3. The zero-order valence-electron chi connectivity index (χ0n) is 16.9. The average molecular weight is 537 g/mol. The van der Waals surface area contributed by atoms with Crippen LogP contribution in [-0.2, 0) is 6.54 Å². The van der Waals surface area contributed by atoms with Crippen LogP contribution in [0.5, 0.6) is 5.75 Å². The Labute approximate surface area is 199 Å². The van der Waals surface area contributed by atoms with E-state index in [-0.39, 0.29) is 11.7 Å². The third-order valence-corrected chi connectivity index (χ3v) is 4.99. The van der Waals surface area contributed by atoms with Crippen molar-refractivity contribution in [2.75, 3.05) is 16.1 Å². The molecule has 32 heavy (non-hydrogen) atoms. The molecule has 0 saturated heterocycles. The van der Waals surface area contributed by atoms with E-state index < -0.39 is 0 Å². The van der Waals surface area contributed by atoms with Crippen molar-refractivity contribution >= 4 is 52.3 Å². The maximum absolute atomic E-state index is 9.98. The molecule has 8 nitrogen and oxygen atoms in total. The van der Waals surface area contributed by atoms with Crippen LogP contribution in [0.4, 0.5) is 23.5 Å². The second-order valence-electron chi connectivity index (χ2n) is 6.71. The lowest BCUT2D eigenvalue weighted by molar-refractivity contribution is 0.474. The number of benzene rings is 3. The molecule has 4 aromatic rings. The third kappa shape index (κ3) is 6.14. The molecular formula is C23H20IN7O. The molecule has 1 heterocycles. The summed E-state index contributed by atoms with van der Waals surface area (Å²) < 4.78 is 0.990. The molecule has 0 aliphatic heterocycles. The normalized spacial score (nSPS) is 10.8. The maximum atomic E-state index is 9.98. The Morgan fingerprint density at radius 3 is 2.31 bits per heavy atom. The number of nitrogens with zero attached hydrogens (tertiary/aromatic N) is 4. The molecule has 3 aromatic carbocycles. The van der Waals surface area contributed by atoms with Crippen LogP contribution in [0.15, 0.2) is 84.0 Å². The van der Waals surface area contributed by atoms with Gasteiger partial charge in [0, 0.05) is 21.4 Å². The first-order valence-corrected chi connectivity index (χ1v) is 10.9. The number of hydrogen-bond donors (Lipinski definition) is 4. The summed E-state index contributed by atoms with van der Waals surface area (Å²) >= 11 is 2.18. The average Bonchev–Trinajstić information content (AvgIpc) is 2.81. The van der Waals surface area contributed by atoms with Gasteiger partial charge in [0.05, 0.1) is 6.21 Å². The van der Waals surface area contributed by atoms with Gasteiger partial charge in [-0.1, -0.05) is 48.5 Å². The first-order valence-electron chi connectivity index (χ1n) is 9.79. The van der Waals surface area contributed by atoms with Crippen LogP contribution in [0.25, 0.3) is 0 Å². The van der Waals surface area contributed by atoms with Crippen molar-refractivity contribution in [2.45, 2.75) is 6.54 Å². The van der Waals surface area contributed by atoms with Crippen molar-refractivity contribution in [1.82, 2.24) is 15.0 Å². The monoisotopic (exact) mass is 537 g/mol. The first-order chi connectivity index (χ1) is 15.7. The van der Waals surface area contributed by atoms with Gasteiger partial charge in [0.25, 0.3) is 0 Å². The summed E-state index contributed by atoms with van der Waals surface area (Å²) in [6, 6.07) is 24.9. The molecule has 1 aromatic heterocycles. The molecule has 0 atom stereocenters. The van der Waals surface area contributed by atoms with Gasteiger partial charge in [-0.2, -0.15) is 20.1 Å². The van der Waals surface area contributed by atoms with E-state index in [0.717, 1.165) is 14.8 Å². The second-order valence-corrected chi connectivity index (χ2v) is 7.96. The fraction of sp³-hybridized carbons (Fsp3) is 0.0435. The minimum absolute atomic E-state index is 0.142. The number of hydrazone groups is 1. The largest absolute Gasteiger partial charge is 0.507 e. The summed E-state index contributed by atoms with van der Waals surface area (Å²) in [7, 11) is 0. The Morgan fingerprint density at radius 1 is 0.844 bits per heavy atom. The van der Waals surface area contributed by atoms with E-state index >= 15 is 0 Å². The first kappa shape index (κ1) is 21.5. The highest BCUT2D eigenvalue weighted by Crippen LogP contribution is 2.18. The Bertz CT molecular complexity index is 1200. The van der Waals surface area contributed by atoms with Crippen molar-refractivity contribution in [2.24, 2.45) is 5.10 Å². The highest BCUT2D eigenvalue weighted by atomic mass is 127. The molecular weight excluding hydrogens is 517 g/mol. The molecule has 0 aliphatic rings. The van der Waals surface area contributed by atoms with Gasteiger partial charge in [-0.3, -0.25) is 0 Å². The van der Waals surface area contributed by atoms with E-state index in [4.69, 9.17) is 0 Å². The van der Waals surface area contributed by atoms with Gasteiger partial charge in [0.15, 0.2) is 0 Å². The van der Waals surface area contributed by atoms with E-state index in [1.165, 1.54) is 6.21 Å². The zero-order valence-corrected chi connectivity index (χ0v) is 19.1. The summed E-state index contributed by atoms with van der Waals surface area (Å²) in [5.41, 5.74) is 5.36. The summed E-state index contributed by atoms with van der Waals surface area (Å²) in [6.07, 6.45) is 1.52. The molecule has 9 heteroatoms. The molecule has 4 rings (SSSR count). The van der Waals surface area contributed by atoms with E-state index in [1.807, 2.05) is 72.8 Å². The van der Waals surface area contributed by atoms with Gasteiger partial charge < -0.3 is 15.7 Å². The lowest BCUT2D eigenvalue weighted by atomic mass is 10.2. The van der Waals surface area contributed by atoms with Crippen molar-refractivity contribution in [1.29, 1.82) is 0 Å². The Morgan fingerprint density at radius 2 is 1.53 bits per heavy atom. The lowest BCUT2D eigenvalue weighted by Gasteiger charge is -2.10. The summed E-state index contributed by atoms with van der Waals surface area (Å²) in [5, 5.41) is 20.5. The molecule has 0 aliphatic carbocycles. The molecule has 160 valence electrons. The fourth-order valence-electron chi connectivity index (χ4n) is 2.78. The smallest absolute Gasteiger partial charge is 0.250 e. The van der Waals surface area contributed by atoms with Gasteiger partial charge in [0.2, 0.25) is 17.8 Å². The number of hydrogen-bond acceptors (Lipinski definition) is 8. The topological polar surface area (TPSA) is 107 Å². The van der Waals surface area contributed by atoms with Crippen LogP contribution >= 0.6 is 22.6 Å². The molecule has 0 amide bonds.